The van der Waals surface area contributed by atoms with Crippen molar-refractivity contribution < 1.29 is 17.6 Å². The third-order valence-electron chi connectivity index (χ3n) is 5.63. The lowest BCUT2D eigenvalue weighted by Crippen LogP contribution is -2.31. The lowest BCUT2D eigenvalue weighted by Gasteiger charge is -2.19. The number of nitrogens with one attached hydrogen (secondary N) is 1. The Hall–Kier alpha value is -2.30. The van der Waals surface area contributed by atoms with Crippen LogP contribution in [0.1, 0.15) is 12.0 Å². The van der Waals surface area contributed by atoms with Gasteiger partial charge in [0.1, 0.15) is 10.0 Å². The lowest BCUT2D eigenvalue weighted by molar-refractivity contribution is -0.117. The Morgan fingerprint density at radius 2 is 1.94 bits per heavy atom. The van der Waals surface area contributed by atoms with Crippen LogP contribution in [0.15, 0.2) is 58.8 Å². The molecule has 1 aliphatic heterocycles. The highest BCUT2D eigenvalue weighted by molar-refractivity contribution is 7.91. The summed E-state index contributed by atoms with van der Waals surface area (Å²) in [5, 5.41) is 0. The second-order valence-corrected chi connectivity index (χ2v) is 12.3. The minimum absolute atomic E-state index is 0.0811. The van der Waals surface area contributed by atoms with E-state index in [1.54, 1.807) is 6.07 Å². The van der Waals surface area contributed by atoms with Crippen LogP contribution in [0.4, 0.5) is 10.1 Å². The maximum Gasteiger partial charge on any atom is 0.250 e. The first-order valence-corrected chi connectivity index (χ1v) is 13.4. The maximum atomic E-state index is 15.2. The first-order chi connectivity index (χ1) is 16.1. The van der Waals surface area contributed by atoms with Crippen LogP contribution >= 0.6 is 22.9 Å². The fraction of sp³-hybridized carbons (Fsp3) is 0.292. The number of nitrogens with zero attached hydrogens (tertiary/aromatic N) is 2. The number of hydrogen-bond acceptors (Lipinski definition) is 5. The quantitative estimate of drug-likeness (QED) is 0.470. The standard InChI is InChI=1S/C24H25ClFN3O3S2/c1-28(2)15-18-5-3-4-6-19(18)17-7-8-21(20(26)12-17)29-14-16(11-23(29)30)13-27-34(31,32)24-10-9-22(25)33-24/h3-10,12,16,27H,11,13-15H2,1-2H3. The molecule has 0 aliphatic carbocycles. The number of carbonyl (C=O) groups excluding carboxylic acids is 1. The van der Waals surface area contributed by atoms with Gasteiger partial charge in [-0.25, -0.2) is 17.5 Å². The van der Waals surface area contributed by atoms with Crippen LogP contribution in [-0.2, 0) is 21.4 Å². The number of halogens is 2. The summed E-state index contributed by atoms with van der Waals surface area (Å²) in [7, 11) is 0.248. The largest absolute Gasteiger partial charge is 0.309 e. The Morgan fingerprint density at radius 3 is 2.62 bits per heavy atom. The molecule has 1 saturated heterocycles. The van der Waals surface area contributed by atoms with Crippen LogP contribution in [0.25, 0.3) is 11.1 Å². The summed E-state index contributed by atoms with van der Waals surface area (Å²) >= 11 is 6.80. The van der Waals surface area contributed by atoms with Crippen molar-refractivity contribution in [3.8, 4) is 11.1 Å². The molecule has 1 unspecified atom stereocenters. The van der Waals surface area contributed by atoms with Crippen molar-refractivity contribution in [1.29, 1.82) is 0 Å². The summed E-state index contributed by atoms with van der Waals surface area (Å²) in [6.07, 6.45) is 0.139. The highest BCUT2D eigenvalue weighted by atomic mass is 35.5. The van der Waals surface area contributed by atoms with E-state index in [0.717, 1.165) is 34.6 Å². The van der Waals surface area contributed by atoms with E-state index >= 15 is 4.39 Å². The van der Waals surface area contributed by atoms with Crippen LogP contribution < -0.4 is 9.62 Å². The molecule has 1 amide bonds. The average molecular weight is 522 g/mol. The van der Waals surface area contributed by atoms with E-state index in [0.29, 0.717) is 4.34 Å². The zero-order valence-corrected chi connectivity index (χ0v) is 21.2. The first-order valence-electron chi connectivity index (χ1n) is 10.7. The molecule has 1 aliphatic rings. The Bertz CT molecular complexity index is 1310. The molecule has 1 N–H and O–H groups in total. The SMILES string of the molecule is CN(C)Cc1ccccc1-c1ccc(N2CC(CNS(=O)(=O)c3ccc(Cl)s3)CC2=O)c(F)c1. The number of thiophene rings is 1. The molecule has 3 aromatic rings. The number of hydrogen-bond donors (Lipinski definition) is 1. The molecule has 10 heteroatoms. The molecule has 2 aromatic carbocycles. The van der Waals surface area contributed by atoms with E-state index in [-0.39, 0.29) is 41.2 Å². The molecule has 2 heterocycles. The van der Waals surface area contributed by atoms with Crippen LogP contribution in [-0.4, -0.2) is 46.4 Å². The van der Waals surface area contributed by atoms with Crippen molar-refractivity contribution in [1.82, 2.24) is 9.62 Å². The number of carbonyl (C=O) groups is 1. The summed E-state index contributed by atoms with van der Waals surface area (Å²) in [5.74, 6) is -0.986. The van der Waals surface area contributed by atoms with Gasteiger partial charge in [-0.15, -0.1) is 11.3 Å². The molecule has 0 spiro atoms. The molecule has 34 heavy (non-hydrogen) atoms. The van der Waals surface area contributed by atoms with Gasteiger partial charge < -0.3 is 9.80 Å². The number of rotatable bonds is 8. The summed E-state index contributed by atoms with van der Waals surface area (Å²) < 4.78 is 43.1. The molecular weight excluding hydrogens is 497 g/mol. The average Bonchev–Trinajstić information content (AvgIpc) is 3.38. The van der Waals surface area contributed by atoms with Crippen LogP contribution in [0, 0.1) is 11.7 Å². The van der Waals surface area contributed by atoms with E-state index in [9.17, 15) is 13.2 Å². The third-order valence-corrected chi connectivity index (χ3v) is 8.78. The molecule has 0 radical (unpaired) electrons. The number of amides is 1. The third kappa shape index (κ3) is 5.50. The maximum absolute atomic E-state index is 15.2. The molecule has 0 saturated carbocycles. The Balaban J connectivity index is 1.47. The Kier molecular flexibility index (Phi) is 7.39. The van der Waals surface area contributed by atoms with Gasteiger partial charge in [-0.05, 0) is 61.0 Å². The molecule has 1 atom stereocenters. The molecule has 1 aromatic heterocycles. The number of benzene rings is 2. The molecule has 180 valence electrons. The zero-order chi connectivity index (χ0) is 24.5. The number of sulfonamides is 1. The van der Waals surface area contributed by atoms with Gasteiger partial charge in [-0.2, -0.15) is 0 Å². The summed E-state index contributed by atoms with van der Waals surface area (Å²) in [6.45, 7) is 1.04. The smallest absolute Gasteiger partial charge is 0.250 e. The first kappa shape index (κ1) is 24.8. The second kappa shape index (κ2) is 10.1. The second-order valence-electron chi connectivity index (χ2n) is 8.55. The predicted molar refractivity (Wildman–Crippen MR) is 134 cm³/mol. The lowest BCUT2D eigenvalue weighted by atomic mass is 9.99. The van der Waals surface area contributed by atoms with Crippen molar-refractivity contribution in [2.75, 3.05) is 32.1 Å². The van der Waals surface area contributed by atoms with Gasteiger partial charge in [0.15, 0.2) is 0 Å². The van der Waals surface area contributed by atoms with Crippen molar-refractivity contribution in [3.63, 3.8) is 0 Å². The van der Waals surface area contributed by atoms with Crippen molar-refractivity contribution in [2.45, 2.75) is 17.2 Å². The van der Waals surface area contributed by atoms with E-state index in [2.05, 4.69) is 4.72 Å². The normalized spacial score (nSPS) is 16.6. The van der Waals surface area contributed by atoms with Crippen molar-refractivity contribution in [2.24, 2.45) is 5.92 Å². The molecule has 6 nitrogen and oxygen atoms in total. The summed E-state index contributed by atoms with van der Waals surface area (Å²) in [4.78, 5) is 16.1. The van der Waals surface area contributed by atoms with Gasteiger partial charge in [0.2, 0.25) is 15.9 Å². The highest BCUT2D eigenvalue weighted by Crippen LogP contribution is 2.32. The monoisotopic (exact) mass is 521 g/mol. The van der Waals surface area contributed by atoms with Gasteiger partial charge in [0.05, 0.1) is 10.0 Å². The fourth-order valence-electron chi connectivity index (χ4n) is 4.07. The molecular formula is C24H25ClFN3O3S2. The zero-order valence-electron chi connectivity index (χ0n) is 18.8. The molecule has 0 bridgehead atoms. The van der Waals surface area contributed by atoms with Crippen molar-refractivity contribution in [3.05, 3.63) is 70.3 Å². The topological polar surface area (TPSA) is 69.7 Å². The van der Waals surface area contributed by atoms with Crippen LogP contribution in [0.3, 0.4) is 0 Å². The van der Waals surface area contributed by atoms with E-state index in [1.807, 2.05) is 49.3 Å². The van der Waals surface area contributed by atoms with Crippen molar-refractivity contribution >= 4 is 44.6 Å². The highest BCUT2D eigenvalue weighted by Gasteiger charge is 2.33. The Morgan fingerprint density at radius 1 is 1.18 bits per heavy atom. The van der Waals surface area contributed by atoms with E-state index < -0.39 is 15.8 Å². The summed E-state index contributed by atoms with van der Waals surface area (Å²) in [5.41, 5.74) is 2.96. The van der Waals surface area contributed by atoms with Gasteiger partial charge >= 0.3 is 0 Å². The van der Waals surface area contributed by atoms with Gasteiger partial charge in [0, 0.05) is 26.1 Å². The molecule has 4 rings (SSSR count). The van der Waals surface area contributed by atoms with E-state index in [1.165, 1.54) is 23.1 Å². The minimum atomic E-state index is -3.71. The van der Waals surface area contributed by atoms with Gasteiger partial charge in [-0.1, -0.05) is 41.9 Å². The van der Waals surface area contributed by atoms with Gasteiger partial charge in [-0.3, -0.25) is 4.79 Å². The fourth-order valence-corrected chi connectivity index (χ4v) is 6.71. The van der Waals surface area contributed by atoms with Gasteiger partial charge in [0.25, 0.3) is 0 Å². The minimum Gasteiger partial charge on any atom is -0.309 e. The Labute approximate surface area is 208 Å². The predicted octanol–water partition coefficient (Wildman–Crippen LogP) is 4.60. The number of anilines is 1. The summed E-state index contributed by atoms with van der Waals surface area (Å²) in [6, 6.07) is 15.7. The van der Waals surface area contributed by atoms with Crippen LogP contribution in [0.2, 0.25) is 4.34 Å². The van der Waals surface area contributed by atoms with Crippen LogP contribution in [0.5, 0.6) is 0 Å². The molecule has 1 fully saturated rings. The van der Waals surface area contributed by atoms with E-state index in [4.69, 9.17) is 11.6 Å².